The molecule has 1 aromatic heterocycles. The molecule has 0 aliphatic rings. The van der Waals surface area contributed by atoms with E-state index in [1.807, 2.05) is 0 Å². The fourth-order valence-electron chi connectivity index (χ4n) is 1.88. The number of aromatic nitrogens is 2. The van der Waals surface area contributed by atoms with E-state index in [0.29, 0.717) is 0 Å². The van der Waals surface area contributed by atoms with Crippen molar-refractivity contribution in [3.8, 4) is 11.3 Å². The number of benzene rings is 1. The van der Waals surface area contributed by atoms with Crippen LogP contribution in [0.2, 0.25) is 0 Å². The Hall–Kier alpha value is -2.71. The predicted molar refractivity (Wildman–Crippen MR) is 68.3 cm³/mol. The Bertz CT molecular complexity index is 716. The van der Waals surface area contributed by atoms with Crippen LogP contribution in [0.25, 0.3) is 11.3 Å². The minimum atomic E-state index is -4.49. The number of hydrogen-bond acceptors (Lipinski definition) is 5. The predicted octanol–water partition coefficient (Wildman–Crippen LogP) is 2.96. The van der Waals surface area contributed by atoms with Gasteiger partial charge < -0.3 is 5.73 Å². The van der Waals surface area contributed by atoms with Gasteiger partial charge in [-0.15, -0.1) is 0 Å². The Labute approximate surface area is 116 Å². The molecule has 0 saturated heterocycles. The van der Waals surface area contributed by atoms with Crippen molar-refractivity contribution in [2.75, 3.05) is 5.73 Å². The van der Waals surface area contributed by atoms with E-state index in [1.54, 1.807) is 0 Å². The van der Waals surface area contributed by atoms with Crippen molar-refractivity contribution in [1.82, 2.24) is 9.97 Å². The number of anilines is 1. The number of halogens is 3. The van der Waals surface area contributed by atoms with Crippen LogP contribution in [-0.4, -0.2) is 14.9 Å². The summed E-state index contributed by atoms with van der Waals surface area (Å²) < 4.78 is 37.9. The highest BCUT2D eigenvalue weighted by Gasteiger charge is 2.31. The van der Waals surface area contributed by atoms with Crippen LogP contribution in [0.3, 0.4) is 0 Å². The summed E-state index contributed by atoms with van der Waals surface area (Å²) in [6.45, 7) is 1.41. The van der Waals surface area contributed by atoms with E-state index in [0.717, 1.165) is 24.5 Å². The number of aryl methyl sites for hydroxylation is 1. The van der Waals surface area contributed by atoms with Crippen LogP contribution >= 0.6 is 0 Å². The fraction of sp³-hybridized carbons (Fsp3) is 0.167. The van der Waals surface area contributed by atoms with Gasteiger partial charge in [0.2, 0.25) is 5.82 Å². The monoisotopic (exact) mass is 298 g/mol. The summed E-state index contributed by atoms with van der Waals surface area (Å²) in [7, 11) is 0. The first kappa shape index (κ1) is 14.7. The Morgan fingerprint density at radius 2 is 1.95 bits per heavy atom. The summed E-state index contributed by atoms with van der Waals surface area (Å²) in [4.78, 5) is 17.5. The normalized spacial score (nSPS) is 11.4. The van der Waals surface area contributed by atoms with Crippen LogP contribution in [-0.2, 0) is 6.18 Å². The summed E-state index contributed by atoms with van der Waals surface area (Å²) in [5.41, 5.74) is 4.35. The van der Waals surface area contributed by atoms with E-state index in [1.165, 1.54) is 6.92 Å². The lowest BCUT2D eigenvalue weighted by Gasteiger charge is -2.11. The van der Waals surface area contributed by atoms with E-state index in [2.05, 4.69) is 9.97 Å². The molecular formula is C12H9F3N4O2. The van der Waals surface area contributed by atoms with E-state index in [-0.39, 0.29) is 22.6 Å². The second kappa shape index (κ2) is 5.00. The average Bonchev–Trinajstić information content (AvgIpc) is 2.36. The van der Waals surface area contributed by atoms with Gasteiger partial charge in [0.05, 0.1) is 10.5 Å². The van der Waals surface area contributed by atoms with Gasteiger partial charge in [0, 0.05) is 5.56 Å². The van der Waals surface area contributed by atoms with Gasteiger partial charge in [0.25, 0.3) is 0 Å². The topological polar surface area (TPSA) is 94.9 Å². The lowest BCUT2D eigenvalue weighted by atomic mass is 10.0. The zero-order chi connectivity index (χ0) is 15.8. The maximum absolute atomic E-state index is 12.6. The molecule has 0 unspecified atom stereocenters. The van der Waals surface area contributed by atoms with Crippen LogP contribution in [0.4, 0.5) is 24.7 Å². The maximum atomic E-state index is 12.6. The SMILES string of the molecule is Cc1cc(C(F)(F)F)ccc1-c1ncnc(N)c1[N+](=O)[O-]. The van der Waals surface area contributed by atoms with Crippen molar-refractivity contribution < 1.29 is 18.1 Å². The smallest absolute Gasteiger partial charge is 0.378 e. The molecule has 0 aliphatic carbocycles. The van der Waals surface area contributed by atoms with E-state index >= 15 is 0 Å². The molecule has 0 fully saturated rings. The second-order valence-corrected chi connectivity index (χ2v) is 4.24. The Morgan fingerprint density at radius 1 is 1.29 bits per heavy atom. The largest absolute Gasteiger partial charge is 0.416 e. The van der Waals surface area contributed by atoms with Crippen LogP contribution < -0.4 is 5.73 Å². The van der Waals surface area contributed by atoms with E-state index in [9.17, 15) is 23.3 Å². The van der Waals surface area contributed by atoms with Crippen LogP contribution in [0.5, 0.6) is 0 Å². The molecule has 0 radical (unpaired) electrons. The minimum Gasteiger partial charge on any atom is -0.378 e. The molecule has 2 rings (SSSR count). The molecule has 110 valence electrons. The van der Waals surface area contributed by atoms with Crippen LogP contribution in [0.15, 0.2) is 24.5 Å². The maximum Gasteiger partial charge on any atom is 0.416 e. The minimum absolute atomic E-state index is 0.112. The van der Waals surface area contributed by atoms with Gasteiger partial charge in [-0.1, -0.05) is 6.07 Å². The zero-order valence-corrected chi connectivity index (χ0v) is 10.7. The van der Waals surface area contributed by atoms with Gasteiger partial charge in [-0.05, 0) is 24.6 Å². The molecule has 0 spiro atoms. The molecule has 0 bridgehead atoms. The van der Waals surface area contributed by atoms with E-state index < -0.39 is 22.4 Å². The van der Waals surface area contributed by atoms with Crippen molar-refractivity contribution in [3.05, 3.63) is 45.8 Å². The first-order valence-corrected chi connectivity index (χ1v) is 5.65. The third-order valence-corrected chi connectivity index (χ3v) is 2.84. The number of nitro groups is 1. The summed E-state index contributed by atoms with van der Waals surface area (Å²) in [6, 6.07) is 2.87. The van der Waals surface area contributed by atoms with Crippen LogP contribution in [0, 0.1) is 17.0 Å². The molecule has 21 heavy (non-hydrogen) atoms. The van der Waals surface area contributed by atoms with E-state index in [4.69, 9.17) is 5.73 Å². The van der Waals surface area contributed by atoms with Crippen molar-refractivity contribution in [2.45, 2.75) is 13.1 Å². The Kier molecular flexibility index (Phi) is 3.50. The number of rotatable bonds is 2. The molecule has 0 saturated carbocycles. The first-order chi connectivity index (χ1) is 9.71. The lowest BCUT2D eigenvalue weighted by Crippen LogP contribution is -2.06. The average molecular weight is 298 g/mol. The number of alkyl halides is 3. The van der Waals surface area contributed by atoms with Crippen molar-refractivity contribution in [3.63, 3.8) is 0 Å². The Morgan fingerprint density at radius 3 is 2.48 bits per heavy atom. The quantitative estimate of drug-likeness (QED) is 0.679. The molecule has 0 aliphatic heterocycles. The van der Waals surface area contributed by atoms with Gasteiger partial charge in [-0.3, -0.25) is 10.1 Å². The number of nitrogens with two attached hydrogens (primary N) is 1. The Balaban J connectivity index is 2.64. The first-order valence-electron chi connectivity index (χ1n) is 5.65. The van der Waals surface area contributed by atoms with Gasteiger partial charge in [-0.25, -0.2) is 9.97 Å². The molecule has 2 aromatic rings. The molecular weight excluding hydrogens is 289 g/mol. The molecule has 1 heterocycles. The fourth-order valence-corrected chi connectivity index (χ4v) is 1.88. The molecule has 1 aromatic carbocycles. The number of nitrogens with zero attached hydrogens (tertiary/aromatic N) is 3. The molecule has 0 atom stereocenters. The third kappa shape index (κ3) is 2.76. The lowest BCUT2D eigenvalue weighted by molar-refractivity contribution is -0.383. The second-order valence-electron chi connectivity index (χ2n) is 4.24. The number of nitrogen functional groups attached to an aromatic ring is 1. The molecule has 6 nitrogen and oxygen atoms in total. The molecule has 0 amide bonds. The van der Waals surface area contributed by atoms with Gasteiger partial charge in [-0.2, -0.15) is 13.2 Å². The van der Waals surface area contributed by atoms with Gasteiger partial charge >= 0.3 is 11.9 Å². The molecule has 9 heteroatoms. The standard InChI is InChI=1S/C12H9F3N4O2/c1-6-4-7(12(13,14)15)2-3-8(6)9-10(19(20)21)11(16)18-5-17-9/h2-5H,1H3,(H2,16,17,18). The third-order valence-electron chi connectivity index (χ3n) is 2.84. The summed E-state index contributed by atoms with van der Waals surface area (Å²) in [6.07, 6.45) is -3.46. The summed E-state index contributed by atoms with van der Waals surface area (Å²) in [5, 5.41) is 11.0. The zero-order valence-electron chi connectivity index (χ0n) is 10.7. The number of hydrogen-bond donors (Lipinski definition) is 1. The van der Waals surface area contributed by atoms with Crippen molar-refractivity contribution in [2.24, 2.45) is 0 Å². The van der Waals surface area contributed by atoms with Crippen molar-refractivity contribution >= 4 is 11.5 Å². The summed E-state index contributed by atoms with van der Waals surface area (Å²) in [5.74, 6) is -0.343. The highest BCUT2D eigenvalue weighted by molar-refractivity contribution is 5.77. The summed E-state index contributed by atoms with van der Waals surface area (Å²) >= 11 is 0. The van der Waals surface area contributed by atoms with Gasteiger partial charge in [0.1, 0.15) is 6.33 Å². The van der Waals surface area contributed by atoms with Crippen molar-refractivity contribution in [1.29, 1.82) is 0 Å². The van der Waals surface area contributed by atoms with Crippen LogP contribution in [0.1, 0.15) is 11.1 Å². The highest BCUT2D eigenvalue weighted by atomic mass is 19.4. The highest BCUT2D eigenvalue weighted by Crippen LogP contribution is 2.36. The van der Waals surface area contributed by atoms with Gasteiger partial charge in [0.15, 0.2) is 5.69 Å². The molecule has 2 N–H and O–H groups in total.